The van der Waals surface area contributed by atoms with E-state index < -0.39 is 16.1 Å². The van der Waals surface area contributed by atoms with Crippen LogP contribution in [0.25, 0.3) is 0 Å². The van der Waals surface area contributed by atoms with Gasteiger partial charge in [0.05, 0.1) is 16.7 Å². The lowest BCUT2D eigenvalue weighted by molar-refractivity contribution is -0.434. The van der Waals surface area contributed by atoms with Crippen LogP contribution in [0.1, 0.15) is 42.6 Å². The molecule has 0 saturated heterocycles. The first kappa shape index (κ1) is 16.6. The lowest BCUT2D eigenvalue weighted by Crippen LogP contribution is -2.17. The number of benzene rings is 1. The van der Waals surface area contributed by atoms with Gasteiger partial charge in [-0.1, -0.05) is 0 Å². The number of carboxylic acid groups (broad SMARTS) is 1. The molecule has 1 heterocycles. The van der Waals surface area contributed by atoms with Crippen LogP contribution in [0.4, 0.5) is 5.69 Å². The van der Waals surface area contributed by atoms with E-state index in [0.29, 0.717) is 19.4 Å². The highest BCUT2D eigenvalue weighted by atomic mass is 32.2. The molecule has 7 heteroatoms. The van der Waals surface area contributed by atoms with Crippen molar-refractivity contribution in [3.63, 3.8) is 0 Å². The average Bonchev–Trinajstić information content (AvgIpc) is 2.65. The summed E-state index contributed by atoms with van der Waals surface area (Å²) in [4.78, 5) is 11.1. The van der Waals surface area contributed by atoms with Gasteiger partial charge < -0.3 is 5.11 Å². The van der Waals surface area contributed by atoms with Crippen molar-refractivity contribution in [2.75, 3.05) is 12.3 Å². The van der Waals surface area contributed by atoms with Crippen LogP contribution in [0.2, 0.25) is 0 Å². The molecule has 1 aromatic carbocycles. The maximum atomic E-state index is 11.1. The summed E-state index contributed by atoms with van der Waals surface area (Å²) >= 11 is 0. The largest absolute Gasteiger partial charge is 0.478 e. The first-order chi connectivity index (χ1) is 10.1. The third-order valence-electron chi connectivity index (χ3n) is 3.78. The minimum absolute atomic E-state index is 0.241. The van der Waals surface area contributed by atoms with Crippen molar-refractivity contribution in [3.8, 4) is 0 Å². The maximum Gasteiger partial charge on any atom is 0.335 e. The second kappa shape index (κ2) is 5.81. The Bertz CT molecular complexity index is 734. The lowest BCUT2D eigenvalue weighted by atomic mass is 9.86. The third kappa shape index (κ3) is 3.72. The summed E-state index contributed by atoms with van der Waals surface area (Å²) in [6, 6.07) is 5.04. The second-order valence-corrected chi connectivity index (χ2v) is 7.65. The monoisotopic (exact) mass is 326 g/mol. The first-order valence-electron chi connectivity index (χ1n) is 7.06. The normalized spacial score (nSPS) is 16.2. The van der Waals surface area contributed by atoms with E-state index in [9.17, 15) is 13.2 Å². The van der Waals surface area contributed by atoms with Gasteiger partial charge in [0.1, 0.15) is 6.54 Å². The molecule has 0 aliphatic carbocycles. The van der Waals surface area contributed by atoms with Crippen LogP contribution in [0.5, 0.6) is 0 Å². The molecule has 2 N–H and O–H groups in total. The fourth-order valence-corrected chi connectivity index (χ4v) is 3.28. The number of aromatic carboxylic acids is 1. The molecule has 6 nitrogen and oxygen atoms in total. The first-order valence-corrected chi connectivity index (χ1v) is 8.67. The number of carbonyl (C=O) groups is 1. The van der Waals surface area contributed by atoms with Crippen molar-refractivity contribution in [2.24, 2.45) is 0 Å². The van der Waals surface area contributed by atoms with E-state index in [0.717, 1.165) is 11.3 Å². The van der Waals surface area contributed by atoms with Crippen LogP contribution >= 0.6 is 0 Å². The van der Waals surface area contributed by atoms with Gasteiger partial charge in [-0.25, -0.2) is 9.37 Å². The molecule has 0 fully saturated rings. The molecule has 22 heavy (non-hydrogen) atoms. The number of carboxylic acids is 1. The highest BCUT2D eigenvalue weighted by Gasteiger charge is 2.37. The highest BCUT2D eigenvalue weighted by molar-refractivity contribution is 7.85. The molecule has 0 atom stereocenters. The summed E-state index contributed by atoms with van der Waals surface area (Å²) in [7, 11) is -3.91. The van der Waals surface area contributed by atoms with Crippen molar-refractivity contribution in [3.05, 3.63) is 29.3 Å². The van der Waals surface area contributed by atoms with Gasteiger partial charge in [-0.05, 0) is 32.4 Å². The standard InChI is InChI=1S/C15H19NO5S/c1-15(2)10-16(7-3-4-8-22(19,20)21)13-6-5-11(14(17)18)9-12(13)15/h5-6,9-10H,3-4,7-8H2,1-2H3,(H-,17,18,19,20,21)/p+1. The average molecular weight is 326 g/mol. The van der Waals surface area contributed by atoms with Gasteiger partial charge in [0, 0.05) is 18.1 Å². The Morgan fingerprint density at radius 2 is 1.95 bits per heavy atom. The predicted octanol–water partition coefficient (Wildman–Crippen LogP) is 2.06. The van der Waals surface area contributed by atoms with Gasteiger partial charge in [0.2, 0.25) is 5.69 Å². The van der Waals surface area contributed by atoms with E-state index in [1.807, 2.05) is 24.6 Å². The summed E-state index contributed by atoms with van der Waals surface area (Å²) in [5.74, 6) is -1.19. The molecule has 1 aliphatic rings. The van der Waals surface area contributed by atoms with Crippen LogP contribution < -0.4 is 0 Å². The smallest absolute Gasteiger partial charge is 0.335 e. The topological polar surface area (TPSA) is 94.7 Å². The fourth-order valence-electron chi connectivity index (χ4n) is 2.72. The quantitative estimate of drug-likeness (QED) is 0.474. The van der Waals surface area contributed by atoms with Crippen molar-refractivity contribution < 1.29 is 27.4 Å². The zero-order chi connectivity index (χ0) is 16.5. The minimum atomic E-state index is -3.91. The molecule has 0 saturated carbocycles. The van der Waals surface area contributed by atoms with Crippen LogP contribution in [-0.2, 0) is 15.5 Å². The molecule has 1 aliphatic heterocycles. The Kier molecular flexibility index (Phi) is 4.39. The molecule has 0 unspecified atom stereocenters. The van der Waals surface area contributed by atoms with Crippen LogP contribution in [-0.4, -0.2) is 47.1 Å². The minimum Gasteiger partial charge on any atom is -0.478 e. The van der Waals surface area contributed by atoms with E-state index >= 15 is 0 Å². The van der Waals surface area contributed by atoms with E-state index in [1.54, 1.807) is 18.2 Å². The molecule has 0 amide bonds. The van der Waals surface area contributed by atoms with Crippen molar-refractivity contribution in [1.82, 2.24) is 0 Å². The number of hydrogen-bond acceptors (Lipinski definition) is 3. The van der Waals surface area contributed by atoms with Crippen molar-refractivity contribution >= 4 is 28.0 Å². The van der Waals surface area contributed by atoms with Crippen LogP contribution in [0.3, 0.4) is 0 Å². The molecule has 0 spiro atoms. The highest BCUT2D eigenvalue weighted by Crippen LogP contribution is 2.36. The Labute approximate surface area is 129 Å². The number of fused-ring (bicyclic) bond motifs is 1. The summed E-state index contributed by atoms with van der Waals surface area (Å²) in [5, 5.41) is 9.10. The fraction of sp³-hybridized carbons (Fsp3) is 0.467. The molecule has 1 aromatic rings. The number of unbranched alkanes of at least 4 members (excludes halogenated alkanes) is 1. The van der Waals surface area contributed by atoms with E-state index in [2.05, 4.69) is 0 Å². The van der Waals surface area contributed by atoms with Gasteiger partial charge in [-0.15, -0.1) is 0 Å². The van der Waals surface area contributed by atoms with Crippen molar-refractivity contribution in [1.29, 1.82) is 0 Å². The van der Waals surface area contributed by atoms with Crippen molar-refractivity contribution in [2.45, 2.75) is 32.1 Å². The Morgan fingerprint density at radius 1 is 1.27 bits per heavy atom. The Morgan fingerprint density at radius 3 is 2.55 bits per heavy atom. The molecule has 2 rings (SSSR count). The molecular weight excluding hydrogens is 306 g/mol. The zero-order valence-electron chi connectivity index (χ0n) is 12.6. The second-order valence-electron chi connectivity index (χ2n) is 6.07. The number of rotatable bonds is 6. The van der Waals surface area contributed by atoms with E-state index in [-0.39, 0.29) is 16.7 Å². The summed E-state index contributed by atoms with van der Waals surface area (Å²) in [6.45, 7) is 4.64. The van der Waals surface area contributed by atoms with Gasteiger partial charge >= 0.3 is 5.97 Å². The predicted molar refractivity (Wildman–Crippen MR) is 82.9 cm³/mol. The molecule has 120 valence electrons. The van der Waals surface area contributed by atoms with Crippen LogP contribution in [0.15, 0.2) is 18.2 Å². The number of hydrogen-bond donors (Lipinski definition) is 2. The Balaban J connectivity index is 2.15. The van der Waals surface area contributed by atoms with E-state index in [1.165, 1.54) is 0 Å². The van der Waals surface area contributed by atoms with Gasteiger partial charge in [-0.2, -0.15) is 8.42 Å². The summed E-state index contributed by atoms with van der Waals surface area (Å²) in [6.07, 6.45) is 3.02. The lowest BCUT2D eigenvalue weighted by Gasteiger charge is -2.11. The van der Waals surface area contributed by atoms with E-state index in [4.69, 9.17) is 9.66 Å². The zero-order valence-corrected chi connectivity index (χ0v) is 13.4. The summed E-state index contributed by atoms with van der Waals surface area (Å²) in [5.41, 5.74) is 1.88. The Hall–Kier alpha value is -1.73. The molecule has 0 aromatic heterocycles. The SMILES string of the molecule is CC1(C)C=[N+](CCCCS(=O)(=O)O)c2ccc(C(=O)O)cc21. The van der Waals surface area contributed by atoms with Gasteiger partial charge in [-0.3, -0.25) is 4.55 Å². The van der Waals surface area contributed by atoms with Gasteiger partial charge in [0.15, 0.2) is 6.21 Å². The number of nitrogens with zero attached hydrogens (tertiary/aromatic N) is 1. The van der Waals surface area contributed by atoms with Crippen LogP contribution in [0, 0.1) is 0 Å². The maximum absolute atomic E-state index is 11.1. The molecule has 0 radical (unpaired) electrons. The molecule has 0 bridgehead atoms. The van der Waals surface area contributed by atoms with Gasteiger partial charge in [0.25, 0.3) is 10.1 Å². The third-order valence-corrected chi connectivity index (χ3v) is 4.58. The molecular formula is C15H20NO5S+. The summed E-state index contributed by atoms with van der Waals surface area (Å²) < 4.78 is 32.2.